The average Bonchev–Trinajstić information content (AvgIpc) is 3.28. The molecule has 7 nitrogen and oxygen atoms in total. The molecule has 0 saturated carbocycles. The maximum absolute atomic E-state index is 5.91. The zero-order valence-corrected chi connectivity index (χ0v) is 13.7. The van der Waals surface area contributed by atoms with E-state index in [1.165, 1.54) is 0 Å². The van der Waals surface area contributed by atoms with E-state index in [2.05, 4.69) is 22.4 Å². The minimum Gasteiger partial charge on any atom is -0.495 e. The molecule has 0 spiro atoms. The van der Waals surface area contributed by atoms with E-state index in [0.29, 0.717) is 18.1 Å². The number of rotatable bonds is 4. The minimum absolute atomic E-state index is 0.0442. The number of para-hydroxylation sites is 2. The topological polar surface area (TPSA) is 89.8 Å². The van der Waals surface area contributed by atoms with Gasteiger partial charge in [-0.2, -0.15) is 0 Å². The van der Waals surface area contributed by atoms with Gasteiger partial charge in [0.15, 0.2) is 17.3 Å². The normalized spacial score (nSPS) is 16.8. The largest absolute Gasteiger partial charge is 0.495 e. The first-order valence-electron chi connectivity index (χ1n) is 7.89. The number of amidine groups is 1. The molecule has 0 fully saturated rings. The highest BCUT2D eigenvalue weighted by atomic mass is 16.6. The van der Waals surface area contributed by atoms with Crippen LogP contribution in [0.4, 0.5) is 11.5 Å². The summed E-state index contributed by atoms with van der Waals surface area (Å²) >= 11 is 0. The van der Waals surface area contributed by atoms with Crippen LogP contribution in [0.5, 0.6) is 5.75 Å². The van der Waals surface area contributed by atoms with Crippen LogP contribution in [0.3, 0.4) is 0 Å². The lowest BCUT2D eigenvalue weighted by molar-refractivity contribution is 0.308. The number of anilines is 2. The minimum atomic E-state index is -0.0442. The van der Waals surface area contributed by atoms with Crippen molar-refractivity contribution in [3.05, 3.63) is 65.9 Å². The molecule has 2 aromatic carbocycles. The third-order valence-corrected chi connectivity index (χ3v) is 4.18. The number of hydrogen-bond donors (Lipinski definition) is 1. The van der Waals surface area contributed by atoms with Gasteiger partial charge in [0, 0.05) is 0 Å². The number of ether oxygens (including phenoxy) is 1. The maximum atomic E-state index is 5.91. The van der Waals surface area contributed by atoms with Crippen molar-refractivity contribution in [1.82, 2.24) is 10.3 Å². The molecule has 3 aromatic rings. The third-order valence-electron chi connectivity index (χ3n) is 4.18. The van der Waals surface area contributed by atoms with Gasteiger partial charge in [-0.25, -0.2) is 4.63 Å². The second-order valence-electron chi connectivity index (χ2n) is 5.66. The first-order valence-corrected chi connectivity index (χ1v) is 7.89. The van der Waals surface area contributed by atoms with E-state index in [4.69, 9.17) is 20.1 Å². The Morgan fingerprint density at radius 1 is 1.08 bits per heavy atom. The number of nitrogens with two attached hydrogens (primary N) is 1. The molecular weight excluding hydrogens is 318 g/mol. The van der Waals surface area contributed by atoms with Crippen LogP contribution in [0.25, 0.3) is 0 Å². The van der Waals surface area contributed by atoms with Gasteiger partial charge in [0.2, 0.25) is 0 Å². The summed E-state index contributed by atoms with van der Waals surface area (Å²) in [7, 11) is 1.65. The van der Waals surface area contributed by atoms with E-state index in [0.717, 1.165) is 17.0 Å². The Bertz CT molecular complexity index is 907. The van der Waals surface area contributed by atoms with Crippen molar-refractivity contribution in [2.45, 2.75) is 6.04 Å². The number of nitrogen functional groups attached to an aromatic ring is 1. The van der Waals surface area contributed by atoms with E-state index in [1.807, 2.05) is 47.4 Å². The molecular formula is C18H17N5O2. The van der Waals surface area contributed by atoms with Gasteiger partial charge >= 0.3 is 0 Å². The maximum Gasteiger partial charge on any atom is 0.199 e. The van der Waals surface area contributed by atoms with Crippen LogP contribution in [-0.2, 0) is 0 Å². The Morgan fingerprint density at radius 3 is 2.56 bits per heavy atom. The van der Waals surface area contributed by atoms with Crippen molar-refractivity contribution in [3.63, 3.8) is 0 Å². The Labute approximate surface area is 144 Å². The standard InChI is InChI=1S/C18H17N5O2/c1-24-15-10-6-5-9-14(15)23-11-13(12-7-3-2-4-8-12)20-18(23)16-17(19)22-25-21-16/h2-10,13H,11H2,1H3,(H2,19,22). The van der Waals surface area contributed by atoms with Gasteiger partial charge in [-0.1, -0.05) is 42.5 Å². The molecule has 1 aromatic heterocycles. The van der Waals surface area contributed by atoms with Crippen LogP contribution < -0.4 is 15.4 Å². The molecule has 7 heteroatoms. The molecule has 1 aliphatic rings. The number of methoxy groups -OCH3 is 1. The quantitative estimate of drug-likeness (QED) is 0.788. The zero-order valence-electron chi connectivity index (χ0n) is 13.7. The molecule has 0 radical (unpaired) electrons. The third kappa shape index (κ3) is 2.69. The molecule has 2 N–H and O–H groups in total. The van der Waals surface area contributed by atoms with Crippen molar-refractivity contribution < 1.29 is 9.37 Å². The van der Waals surface area contributed by atoms with E-state index >= 15 is 0 Å². The predicted octanol–water partition coefficient (Wildman–Crippen LogP) is 2.67. The van der Waals surface area contributed by atoms with Gasteiger partial charge in [-0.05, 0) is 28.0 Å². The average molecular weight is 335 g/mol. The predicted molar refractivity (Wildman–Crippen MR) is 94.8 cm³/mol. The number of nitrogens with zero attached hydrogens (tertiary/aromatic N) is 4. The lowest BCUT2D eigenvalue weighted by Crippen LogP contribution is -2.29. The van der Waals surface area contributed by atoms with Gasteiger partial charge in [-0.15, -0.1) is 0 Å². The van der Waals surface area contributed by atoms with E-state index in [-0.39, 0.29) is 11.9 Å². The van der Waals surface area contributed by atoms with Crippen molar-refractivity contribution in [2.75, 3.05) is 24.3 Å². The van der Waals surface area contributed by atoms with Crippen molar-refractivity contribution in [2.24, 2.45) is 4.99 Å². The van der Waals surface area contributed by atoms with E-state index < -0.39 is 0 Å². The molecule has 2 heterocycles. The highest BCUT2D eigenvalue weighted by Gasteiger charge is 2.33. The van der Waals surface area contributed by atoms with Crippen LogP contribution in [0, 0.1) is 0 Å². The fraction of sp³-hybridized carbons (Fsp3) is 0.167. The summed E-state index contributed by atoms with van der Waals surface area (Å²) in [6.45, 7) is 0.645. The summed E-state index contributed by atoms with van der Waals surface area (Å²) in [5.41, 5.74) is 8.35. The molecule has 126 valence electrons. The first kappa shape index (κ1) is 15.2. The van der Waals surface area contributed by atoms with Crippen LogP contribution in [0.1, 0.15) is 17.3 Å². The van der Waals surface area contributed by atoms with Crippen LogP contribution in [-0.4, -0.2) is 29.8 Å². The Kier molecular flexibility index (Phi) is 3.81. The molecule has 1 aliphatic heterocycles. The lowest BCUT2D eigenvalue weighted by Gasteiger charge is -2.22. The number of benzene rings is 2. The van der Waals surface area contributed by atoms with Crippen LogP contribution >= 0.6 is 0 Å². The van der Waals surface area contributed by atoms with Crippen molar-refractivity contribution >= 4 is 17.3 Å². The van der Waals surface area contributed by atoms with E-state index in [1.54, 1.807) is 7.11 Å². The lowest BCUT2D eigenvalue weighted by atomic mass is 10.1. The summed E-state index contributed by atoms with van der Waals surface area (Å²) in [6.07, 6.45) is 0. The van der Waals surface area contributed by atoms with Crippen molar-refractivity contribution in [1.29, 1.82) is 0 Å². The summed E-state index contributed by atoms with van der Waals surface area (Å²) < 4.78 is 10.3. The van der Waals surface area contributed by atoms with Gasteiger partial charge < -0.3 is 15.4 Å². The Hall–Kier alpha value is -3.35. The molecule has 0 saturated heterocycles. The molecule has 0 amide bonds. The second kappa shape index (κ2) is 6.27. The van der Waals surface area contributed by atoms with E-state index in [9.17, 15) is 0 Å². The first-order chi connectivity index (χ1) is 12.3. The summed E-state index contributed by atoms with van der Waals surface area (Å²) in [4.78, 5) is 6.87. The second-order valence-corrected chi connectivity index (χ2v) is 5.66. The zero-order chi connectivity index (χ0) is 17.2. The van der Waals surface area contributed by atoms with Gasteiger partial charge in [-0.3, -0.25) is 4.99 Å². The SMILES string of the molecule is COc1ccccc1N1CC(c2ccccc2)N=C1c1nonc1N. The number of hydrogen-bond acceptors (Lipinski definition) is 7. The summed E-state index contributed by atoms with van der Waals surface area (Å²) in [5.74, 6) is 1.59. The molecule has 0 aliphatic carbocycles. The Morgan fingerprint density at radius 2 is 1.84 bits per heavy atom. The highest BCUT2D eigenvalue weighted by molar-refractivity contribution is 6.13. The highest BCUT2D eigenvalue weighted by Crippen LogP contribution is 2.36. The molecule has 4 rings (SSSR count). The van der Waals surface area contributed by atoms with Crippen molar-refractivity contribution in [3.8, 4) is 5.75 Å². The van der Waals surface area contributed by atoms with Gasteiger partial charge in [0.25, 0.3) is 0 Å². The Balaban J connectivity index is 1.80. The monoisotopic (exact) mass is 335 g/mol. The van der Waals surface area contributed by atoms with Crippen LogP contribution in [0.2, 0.25) is 0 Å². The van der Waals surface area contributed by atoms with Gasteiger partial charge in [0.05, 0.1) is 25.4 Å². The fourth-order valence-electron chi connectivity index (χ4n) is 2.98. The van der Waals surface area contributed by atoms with Crippen LogP contribution in [0.15, 0.2) is 64.2 Å². The molecule has 25 heavy (non-hydrogen) atoms. The molecule has 1 atom stereocenters. The number of aliphatic imine (C=N–C) groups is 1. The van der Waals surface area contributed by atoms with Gasteiger partial charge in [0.1, 0.15) is 5.75 Å². The fourth-order valence-corrected chi connectivity index (χ4v) is 2.98. The smallest absolute Gasteiger partial charge is 0.199 e. The summed E-state index contributed by atoms with van der Waals surface area (Å²) in [6, 6.07) is 17.8. The molecule has 0 bridgehead atoms. The molecule has 1 unspecified atom stereocenters. The number of aromatic nitrogens is 2. The summed E-state index contributed by atoms with van der Waals surface area (Å²) in [5, 5.41) is 7.62.